The number of aliphatic hydroxyl groups is 2. The monoisotopic (exact) mass is 445 g/mol. The Hall–Kier alpha value is -0.560. The van der Waals surface area contributed by atoms with E-state index in [1.54, 1.807) is 6.08 Å². The van der Waals surface area contributed by atoms with Gasteiger partial charge in [0.15, 0.2) is 17.6 Å². The van der Waals surface area contributed by atoms with Gasteiger partial charge in [-0.05, 0) is 30.5 Å². The van der Waals surface area contributed by atoms with Crippen molar-refractivity contribution in [3.8, 4) is 11.5 Å². The Morgan fingerprint density at radius 2 is 2.26 bits per heavy atom. The molecule has 2 aliphatic heterocycles. The molecule has 0 aromatic heterocycles. The topological polar surface area (TPSA) is 62.2 Å². The molecule has 5 atom stereocenters. The predicted molar refractivity (Wildman–Crippen MR) is 96.0 cm³/mol. The SMILES string of the molecule is OC1=CC[C@]2(O)[C@@H]3Cc4ccc(OP)c5c4[C@]2(CCN3I)[C@@H]1O5. The van der Waals surface area contributed by atoms with Crippen LogP contribution in [0.4, 0.5) is 0 Å². The lowest BCUT2D eigenvalue weighted by atomic mass is 9.50. The fraction of sp³-hybridized carbons (Fsp3) is 0.500. The summed E-state index contributed by atoms with van der Waals surface area (Å²) in [7, 11) is 2.26. The summed E-state index contributed by atoms with van der Waals surface area (Å²) in [6.07, 6.45) is 3.19. The second-order valence-corrected chi connectivity index (χ2v) is 8.34. The van der Waals surface area contributed by atoms with Gasteiger partial charge in [0.2, 0.25) is 0 Å². The Labute approximate surface area is 150 Å². The van der Waals surface area contributed by atoms with E-state index in [1.165, 1.54) is 5.56 Å². The molecular formula is C16H17INO4P. The summed E-state index contributed by atoms with van der Waals surface area (Å²) < 4.78 is 13.8. The first kappa shape index (κ1) is 14.8. The van der Waals surface area contributed by atoms with Gasteiger partial charge < -0.3 is 19.5 Å². The molecule has 0 amide bonds. The molecule has 1 aromatic carbocycles. The van der Waals surface area contributed by atoms with Gasteiger partial charge in [-0.25, -0.2) is 3.11 Å². The average molecular weight is 445 g/mol. The Morgan fingerprint density at radius 1 is 1.43 bits per heavy atom. The van der Waals surface area contributed by atoms with E-state index in [9.17, 15) is 10.2 Å². The molecule has 4 aliphatic rings. The lowest BCUT2D eigenvalue weighted by Gasteiger charge is -2.60. The van der Waals surface area contributed by atoms with Crippen molar-refractivity contribution in [1.82, 2.24) is 3.11 Å². The number of benzene rings is 1. The Bertz CT molecular complexity index is 756. The first-order valence-electron chi connectivity index (χ1n) is 7.76. The standard InChI is InChI=1S/C16H17INO4P/c17-18-6-5-15-12-8-1-2-10(22-23)13(12)21-14(15)9(19)3-4-16(15,20)11(18)7-8/h1-3,11,14,19-20H,4-7,23H2/t11-,14+,15+,16-/m0/s1. The van der Waals surface area contributed by atoms with Crippen LogP contribution in [0.1, 0.15) is 24.0 Å². The third kappa shape index (κ3) is 1.50. The van der Waals surface area contributed by atoms with Crippen molar-refractivity contribution in [3.05, 3.63) is 35.1 Å². The minimum absolute atomic E-state index is 0.0218. The zero-order chi connectivity index (χ0) is 16.0. The van der Waals surface area contributed by atoms with E-state index in [2.05, 4.69) is 41.5 Å². The minimum atomic E-state index is -0.929. The van der Waals surface area contributed by atoms with E-state index in [0.717, 1.165) is 24.9 Å². The maximum Gasteiger partial charge on any atom is 0.168 e. The third-order valence-electron chi connectivity index (χ3n) is 6.15. The van der Waals surface area contributed by atoms with E-state index in [4.69, 9.17) is 9.26 Å². The summed E-state index contributed by atoms with van der Waals surface area (Å²) in [5, 5.41) is 22.2. The number of ether oxygens (including phenoxy) is 1. The fourth-order valence-electron chi connectivity index (χ4n) is 5.18. The molecule has 1 saturated heterocycles. The number of aliphatic hydroxyl groups excluding tert-OH is 1. The quantitative estimate of drug-likeness (QED) is 0.395. The first-order valence-corrected chi connectivity index (χ1v) is 9.20. The van der Waals surface area contributed by atoms with Gasteiger partial charge in [0.25, 0.3) is 0 Å². The van der Waals surface area contributed by atoms with E-state index in [0.29, 0.717) is 17.9 Å². The predicted octanol–water partition coefficient (Wildman–Crippen LogP) is 2.41. The molecule has 1 unspecified atom stereocenters. The van der Waals surface area contributed by atoms with Crippen molar-refractivity contribution in [2.45, 2.75) is 42.4 Å². The summed E-state index contributed by atoms with van der Waals surface area (Å²) in [6, 6.07) is 4.00. The molecular weight excluding hydrogens is 428 g/mol. The minimum Gasteiger partial charge on any atom is -0.509 e. The van der Waals surface area contributed by atoms with Crippen LogP contribution >= 0.6 is 32.3 Å². The van der Waals surface area contributed by atoms with Crippen LogP contribution in [-0.2, 0) is 11.8 Å². The van der Waals surface area contributed by atoms with Crippen molar-refractivity contribution < 1.29 is 19.5 Å². The van der Waals surface area contributed by atoms with Crippen LogP contribution in [0.15, 0.2) is 24.0 Å². The van der Waals surface area contributed by atoms with Crippen molar-refractivity contribution in [2.75, 3.05) is 6.54 Å². The Kier molecular flexibility index (Phi) is 2.91. The highest BCUT2D eigenvalue weighted by molar-refractivity contribution is 14.1. The second kappa shape index (κ2) is 4.54. The highest BCUT2D eigenvalue weighted by atomic mass is 127. The molecule has 2 N–H and O–H groups in total. The summed E-state index contributed by atoms with van der Waals surface area (Å²) in [6.45, 7) is 0.867. The zero-order valence-corrected chi connectivity index (χ0v) is 15.6. The molecule has 2 bridgehead atoms. The van der Waals surface area contributed by atoms with Crippen LogP contribution < -0.4 is 9.26 Å². The molecule has 122 valence electrons. The maximum absolute atomic E-state index is 11.7. The Morgan fingerprint density at radius 3 is 3.04 bits per heavy atom. The van der Waals surface area contributed by atoms with Gasteiger partial charge in [0.1, 0.15) is 5.76 Å². The molecule has 1 spiro atoms. The van der Waals surface area contributed by atoms with Gasteiger partial charge >= 0.3 is 0 Å². The molecule has 2 aliphatic carbocycles. The normalized spacial score (nSPS) is 40.2. The number of hydrogen-bond acceptors (Lipinski definition) is 5. The summed E-state index contributed by atoms with van der Waals surface area (Å²) in [5.41, 5.74) is 0.728. The molecule has 0 saturated carbocycles. The second-order valence-electron chi connectivity index (χ2n) is 6.86. The zero-order valence-electron chi connectivity index (χ0n) is 12.3. The number of halogens is 1. The van der Waals surface area contributed by atoms with Crippen LogP contribution in [0.25, 0.3) is 0 Å². The summed E-state index contributed by atoms with van der Waals surface area (Å²) in [4.78, 5) is 0. The van der Waals surface area contributed by atoms with Crippen molar-refractivity contribution in [1.29, 1.82) is 0 Å². The fourth-order valence-corrected chi connectivity index (χ4v) is 6.27. The maximum atomic E-state index is 11.7. The molecule has 1 fully saturated rings. The van der Waals surface area contributed by atoms with Crippen LogP contribution in [0, 0.1) is 0 Å². The number of rotatable bonds is 1. The van der Waals surface area contributed by atoms with E-state index < -0.39 is 17.1 Å². The average Bonchev–Trinajstić information content (AvgIpc) is 2.90. The molecule has 1 aromatic rings. The highest BCUT2D eigenvalue weighted by Crippen LogP contribution is 2.65. The Balaban J connectivity index is 1.87. The van der Waals surface area contributed by atoms with Gasteiger partial charge in [0, 0.05) is 41.4 Å². The van der Waals surface area contributed by atoms with Gasteiger partial charge in [0.05, 0.1) is 26.5 Å². The van der Waals surface area contributed by atoms with Crippen LogP contribution in [0.3, 0.4) is 0 Å². The largest absolute Gasteiger partial charge is 0.509 e. The van der Waals surface area contributed by atoms with Gasteiger partial charge in [-0.1, -0.05) is 6.07 Å². The van der Waals surface area contributed by atoms with E-state index >= 15 is 0 Å². The lowest BCUT2D eigenvalue weighted by molar-refractivity contribution is -0.145. The lowest BCUT2D eigenvalue weighted by Crippen LogP contribution is -2.73. The molecule has 0 radical (unpaired) electrons. The van der Waals surface area contributed by atoms with Crippen molar-refractivity contribution in [3.63, 3.8) is 0 Å². The molecule has 7 heteroatoms. The number of hydrogen-bond donors (Lipinski definition) is 2. The van der Waals surface area contributed by atoms with Gasteiger partial charge in [-0.2, -0.15) is 0 Å². The van der Waals surface area contributed by atoms with Crippen molar-refractivity contribution in [2.24, 2.45) is 0 Å². The van der Waals surface area contributed by atoms with Crippen LogP contribution in [-0.4, -0.2) is 37.6 Å². The van der Waals surface area contributed by atoms with Gasteiger partial charge in [-0.3, -0.25) is 0 Å². The van der Waals surface area contributed by atoms with Crippen LogP contribution in [0.5, 0.6) is 11.5 Å². The number of nitrogens with zero attached hydrogens (tertiary/aromatic N) is 1. The molecule has 5 nitrogen and oxygen atoms in total. The molecule has 2 heterocycles. The first-order chi connectivity index (χ1) is 11.0. The van der Waals surface area contributed by atoms with Crippen molar-refractivity contribution >= 4 is 32.3 Å². The molecule has 5 rings (SSSR count). The van der Waals surface area contributed by atoms with Gasteiger partial charge in [-0.15, -0.1) is 0 Å². The summed E-state index contributed by atoms with van der Waals surface area (Å²) in [5.74, 6) is 1.56. The smallest absolute Gasteiger partial charge is 0.168 e. The third-order valence-corrected chi connectivity index (χ3v) is 7.56. The van der Waals surface area contributed by atoms with E-state index in [-0.39, 0.29) is 11.8 Å². The summed E-state index contributed by atoms with van der Waals surface area (Å²) >= 11 is 2.32. The molecule has 23 heavy (non-hydrogen) atoms. The number of piperidine rings is 1. The highest BCUT2D eigenvalue weighted by Gasteiger charge is 2.71. The van der Waals surface area contributed by atoms with E-state index in [1.807, 2.05) is 6.07 Å². The van der Waals surface area contributed by atoms with Crippen LogP contribution in [0.2, 0.25) is 0 Å².